The molecule has 0 fully saturated rings. The molecule has 0 radical (unpaired) electrons. The van der Waals surface area contributed by atoms with E-state index in [-0.39, 0.29) is 5.84 Å². The first-order valence-electron chi connectivity index (χ1n) is 6.46. The van der Waals surface area contributed by atoms with E-state index in [1.54, 1.807) is 11.8 Å². The molecular weight excluding hydrogens is 268 g/mol. The summed E-state index contributed by atoms with van der Waals surface area (Å²) in [5.74, 6) is 0.678. The molecule has 0 saturated carbocycles. The van der Waals surface area contributed by atoms with E-state index in [9.17, 15) is 0 Å². The molecule has 4 heteroatoms. The van der Waals surface area contributed by atoms with E-state index in [4.69, 9.17) is 10.9 Å². The summed E-state index contributed by atoms with van der Waals surface area (Å²) in [6, 6.07) is 16.2. The van der Waals surface area contributed by atoms with Crippen molar-refractivity contribution in [1.82, 2.24) is 0 Å². The third-order valence-electron chi connectivity index (χ3n) is 3.04. The number of amidine groups is 1. The summed E-state index contributed by atoms with van der Waals surface area (Å²) >= 11 is 1.69. The second-order valence-corrected chi connectivity index (χ2v) is 5.98. The van der Waals surface area contributed by atoms with Crippen LogP contribution < -0.4 is 5.73 Å². The highest BCUT2D eigenvalue weighted by atomic mass is 32.2. The van der Waals surface area contributed by atoms with Gasteiger partial charge in [-0.2, -0.15) is 0 Å². The Morgan fingerprint density at radius 3 is 1.95 bits per heavy atom. The number of rotatable bonds is 4. The van der Waals surface area contributed by atoms with Crippen LogP contribution in [0.15, 0.2) is 63.5 Å². The number of hydrogen-bond donors (Lipinski definition) is 2. The van der Waals surface area contributed by atoms with E-state index in [1.165, 1.54) is 10.5 Å². The Morgan fingerprint density at radius 1 is 1.00 bits per heavy atom. The molecule has 0 saturated heterocycles. The summed E-state index contributed by atoms with van der Waals surface area (Å²) in [6.45, 7) is 4.38. The fraction of sp³-hybridized carbons (Fsp3) is 0.188. The Balaban J connectivity index is 2.10. The molecule has 0 amide bonds. The molecule has 0 aliphatic heterocycles. The normalized spacial score (nSPS) is 11.8. The third kappa shape index (κ3) is 3.54. The number of nitrogens with zero attached hydrogens (tertiary/aromatic N) is 1. The Labute approximate surface area is 123 Å². The number of benzene rings is 2. The van der Waals surface area contributed by atoms with Crippen molar-refractivity contribution in [2.24, 2.45) is 10.9 Å². The van der Waals surface area contributed by atoms with E-state index in [0.29, 0.717) is 11.5 Å². The van der Waals surface area contributed by atoms with Crippen LogP contribution in [0.3, 0.4) is 0 Å². The van der Waals surface area contributed by atoms with E-state index >= 15 is 0 Å². The molecule has 104 valence electrons. The van der Waals surface area contributed by atoms with Gasteiger partial charge in [-0.1, -0.05) is 55.0 Å². The van der Waals surface area contributed by atoms with Crippen molar-refractivity contribution in [3.63, 3.8) is 0 Å². The average molecular weight is 286 g/mol. The van der Waals surface area contributed by atoms with Crippen LogP contribution in [0.1, 0.15) is 30.9 Å². The lowest BCUT2D eigenvalue weighted by molar-refractivity contribution is 0.318. The molecule has 0 aromatic heterocycles. The monoisotopic (exact) mass is 286 g/mol. The molecule has 0 unspecified atom stereocenters. The average Bonchev–Trinajstić information content (AvgIpc) is 2.48. The van der Waals surface area contributed by atoms with E-state index in [2.05, 4.69) is 43.3 Å². The summed E-state index contributed by atoms with van der Waals surface area (Å²) in [5.41, 5.74) is 7.59. The van der Waals surface area contributed by atoms with Crippen molar-refractivity contribution in [2.75, 3.05) is 0 Å². The van der Waals surface area contributed by atoms with Crippen molar-refractivity contribution in [2.45, 2.75) is 29.6 Å². The van der Waals surface area contributed by atoms with Gasteiger partial charge in [0.05, 0.1) is 0 Å². The Hall–Kier alpha value is -1.94. The van der Waals surface area contributed by atoms with Gasteiger partial charge in [-0.05, 0) is 35.7 Å². The fourth-order valence-electron chi connectivity index (χ4n) is 1.81. The van der Waals surface area contributed by atoms with Crippen molar-refractivity contribution in [1.29, 1.82) is 0 Å². The smallest absolute Gasteiger partial charge is 0.170 e. The number of hydrogen-bond acceptors (Lipinski definition) is 3. The molecule has 3 nitrogen and oxygen atoms in total. The predicted molar refractivity (Wildman–Crippen MR) is 83.6 cm³/mol. The minimum atomic E-state index is 0.128. The Kier molecular flexibility index (Phi) is 4.69. The quantitative estimate of drug-likeness (QED) is 0.386. The fourth-order valence-corrected chi connectivity index (χ4v) is 2.62. The molecule has 3 N–H and O–H groups in total. The lowest BCUT2D eigenvalue weighted by Crippen LogP contribution is -2.12. The highest BCUT2D eigenvalue weighted by Gasteiger charge is 2.02. The molecule has 20 heavy (non-hydrogen) atoms. The van der Waals surface area contributed by atoms with Crippen LogP contribution in [0, 0.1) is 0 Å². The van der Waals surface area contributed by atoms with Gasteiger partial charge in [0.2, 0.25) is 0 Å². The van der Waals surface area contributed by atoms with Crippen molar-refractivity contribution in [3.8, 4) is 0 Å². The minimum Gasteiger partial charge on any atom is -0.409 e. The van der Waals surface area contributed by atoms with Gasteiger partial charge in [-0.25, -0.2) is 0 Å². The van der Waals surface area contributed by atoms with Crippen LogP contribution in [0.2, 0.25) is 0 Å². The zero-order chi connectivity index (χ0) is 14.5. The van der Waals surface area contributed by atoms with Gasteiger partial charge in [0.15, 0.2) is 5.84 Å². The van der Waals surface area contributed by atoms with Gasteiger partial charge in [0.1, 0.15) is 0 Å². The minimum absolute atomic E-state index is 0.128. The topological polar surface area (TPSA) is 58.6 Å². The largest absolute Gasteiger partial charge is 0.409 e. The maximum Gasteiger partial charge on any atom is 0.170 e. The molecule has 0 atom stereocenters. The summed E-state index contributed by atoms with van der Waals surface area (Å²) in [6.07, 6.45) is 0. The third-order valence-corrected chi connectivity index (χ3v) is 4.06. The zero-order valence-electron chi connectivity index (χ0n) is 11.6. The maximum absolute atomic E-state index is 8.62. The summed E-state index contributed by atoms with van der Waals surface area (Å²) in [4.78, 5) is 2.32. The Morgan fingerprint density at radius 2 is 1.50 bits per heavy atom. The molecule has 2 aromatic rings. The van der Waals surface area contributed by atoms with Gasteiger partial charge in [-0.3, -0.25) is 0 Å². The van der Waals surface area contributed by atoms with Crippen molar-refractivity contribution < 1.29 is 5.21 Å². The van der Waals surface area contributed by atoms with Crippen LogP contribution in [-0.2, 0) is 0 Å². The maximum atomic E-state index is 8.62. The van der Waals surface area contributed by atoms with E-state index in [0.717, 1.165) is 4.90 Å². The Bertz CT molecular complexity index is 589. The molecule has 0 aliphatic carbocycles. The second-order valence-electron chi connectivity index (χ2n) is 4.84. The second kappa shape index (κ2) is 6.48. The zero-order valence-corrected chi connectivity index (χ0v) is 12.4. The van der Waals surface area contributed by atoms with E-state index in [1.807, 2.05) is 24.3 Å². The summed E-state index contributed by atoms with van der Waals surface area (Å²) < 4.78 is 0. The standard InChI is InChI=1S/C16H18N2OS/c1-11(2)12-3-7-14(8-4-12)20-15-9-5-13(6-10-15)16(17)18-19/h3-11,19H,1-2H3,(H2,17,18). The van der Waals surface area contributed by atoms with Gasteiger partial charge >= 0.3 is 0 Å². The molecule has 2 rings (SSSR count). The lowest BCUT2D eigenvalue weighted by Gasteiger charge is -2.07. The van der Waals surface area contributed by atoms with Crippen molar-refractivity contribution in [3.05, 3.63) is 59.7 Å². The summed E-state index contributed by atoms with van der Waals surface area (Å²) in [5, 5.41) is 11.6. The van der Waals surface area contributed by atoms with Gasteiger partial charge in [0, 0.05) is 15.4 Å². The van der Waals surface area contributed by atoms with Crippen LogP contribution in [0.5, 0.6) is 0 Å². The summed E-state index contributed by atoms with van der Waals surface area (Å²) in [7, 11) is 0. The van der Waals surface area contributed by atoms with Crippen LogP contribution in [0.25, 0.3) is 0 Å². The molecule has 0 heterocycles. The SMILES string of the molecule is CC(C)c1ccc(Sc2ccc(/C(N)=N/O)cc2)cc1. The first-order valence-corrected chi connectivity index (χ1v) is 7.27. The van der Waals surface area contributed by atoms with Crippen LogP contribution >= 0.6 is 11.8 Å². The highest BCUT2D eigenvalue weighted by molar-refractivity contribution is 7.99. The van der Waals surface area contributed by atoms with Crippen molar-refractivity contribution >= 4 is 17.6 Å². The van der Waals surface area contributed by atoms with Gasteiger partial charge in [0.25, 0.3) is 0 Å². The van der Waals surface area contributed by atoms with Crippen LogP contribution in [-0.4, -0.2) is 11.0 Å². The number of oxime groups is 1. The molecule has 0 bridgehead atoms. The van der Waals surface area contributed by atoms with Gasteiger partial charge in [-0.15, -0.1) is 0 Å². The highest BCUT2D eigenvalue weighted by Crippen LogP contribution is 2.29. The van der Waals surface area contributed by atoms with E-state index < -0.39 is 0 Å². The first kappa shape index (κ1) is 14.5. The molecule has 2 aromatic carbocycles. The lowest BCUT2D eigenvalue weighted by atomic mass is 10.0. The van der Waals surface area contributed by atoms with Gasteiger partial charge < -0.3 is 10.9 Å². The predicted octanol–water partition coefficient (Wildman–Crippen LogP) is 4.06. The molecule has 0 spiro atoms. The molecule has 0 aliphatic rings. The first-order chi connectivity index (χ1) is 9.60. The number of nitrogens with two attached hydrogens (primary N) is 1. The van der Waals surface area contributed by atoms with Crippen LogP contribution in [0.4, 0.5) is 0 Å². The molecular formula is C16H18N2OS.